The van der Waals surface area contributed by atoms with Crippen LogP contribution in [0.15, 0.2) is 60.7 Å². The smallest absolute Gasteiger partial charge is 0.315 e. The molecule has 0 aliphatic carbocycles. The molecule has 1 aromatic heterocycles. The molecule has 148 valence electrons. The number of carbonyl (C=O) groups is 2. The Bertz CT molecular complexity index is 1030. The number of nitrogens with one attached hydrogen (secondary N) is 3. The number of nitrogens with zero attached hydrogens (tertiary/aromatic N) is 2. The van der Waals surface area contributed by atoms with Gasteiger partial charge >= 0.3 is 6.03 Å². The van der Waals surface area contributed by atoms with Gasteiger partial charge in [0, 0.05) is 18.2 Å². The van der Waals surface area contributed by atoms with Crippen molar-refractivity contribution in [1.29, 1.82) is 0 Å². The molecule has 1 aliphatic rings. The van der Waals surface area contributed by atoms with E-state index in [0.717, 1.165) is 29.8 Å². The number of carbonyl (C=O) groups excluding carboxylic acids is 2. The molecule has 0 radical (unpaired) electrons. The number of hydrogen-bond acceptors (Lipinski definition) is 3. The van der Waals surface area contributed by atoms with Crippen molar-refractivity contribution in [2.45, 2.75) is 25.8 Å². The van der Waals surface area contributed by atoms with Crippen molar-refractivity contribution in [2.24, 2.45) is 0 Å². The Kier molecular flexibility index (Phi) is 5.29. The molecule has 0 spiro atoms. The SMILES string of the molecule is CCCc1cccc(-c2cc(NC(=O)C3CNC(=O)N3)nn2-c2ccccc2)c1. The van der Waals surface area contributed by atoms with Crippen LogP contribution < -0.4 is 16.0 Å². The van der Waals surface area contributed by atoms with Crippen molar-refractivity contribution in [3.05, 3.63) is 66.2 Å². The number of rotatable bonds is 6. The highest BCUT2D eigenvalue weighted by atomic mass is 16.2. The Balaban J connectivity index is 1.69. The molecule has 1 atom stereocenters. The van der Waals surface area contributed by atoms with E-state index in [0.29, 0.717) is 5.82 Å². The normalized spacial score (nSPS) is 15.6. The molecule has 1 fully saturated rings. The van der Waals surface area contributed by atoms with Gasteiger partial charge in [-0.2, -0.15) is 0 Å². The number of hydrogen-bond donors (Lipinski definition) is 3. The minimum Gasteiger partial charge on any atom is -0.336 e. The van der Waals surface area contributed by atoms with Gasteiger partial charge < -0.3 is 16.0 Å². The zero-order valence-corrected chi connectivity index (χ0v) is 16.2. The molecular formula is C22H23N5O2. The Hall–Kier alpha value is -3.61. The molecule has 4 rings (SSSR count). The first kappa shape index (κ1) is 18.7. The standard InChI is InChI=1S/C22H23N5O2/c1-2-7-15-8-6-9-16(12-15)19-13-20(25-21(28)18-14-23-22(29)24-18)26-27(19)17-10-4-3-5-11-17/h3-6,8-13,18H,2,7,14H2,1H3,(H2,23,24,29)(H,25,26,28). The monoisotopic (exact) mass is 389 g/mol. The lowest BCUT2D eigenvalue weighted by Gasteiger charge is -2.09. The maximum Gasteiger partial charge on any atom is 0.315 e. The summed E-state index contributed by atoms with van der Waals surface area (Å²) in [6.45, 7) is 2.42. The van der Waals surface area contributed by atoms with E-state index in [9.17, 15) is 9.59 Å². The third kappa shape index (κ3) is 4.13. The molecule has 2 aromatic carbocycles. The molecule has 29 heavy (non-hydrogen) atoms. The fourth-order valence-corrected chi connectivity index (χ4v) is 3.42. The zero-order chi connectivity index (χ0) is 20.2. The second kappa shape index (κ2) is 8.18. The second-order valence-corrected chi connectivity index (χ2v) is 7.01. The maximum absolute atomic E-state index is 12.5. The van der Waals surface area contributed by atoms with Crippen LogP contribution in [0.25, 0.3) is 16.9 Å². The summed E-state index contributed by atoms with van der Waals surface area (Å²) in [7, 11) is 0. The lowest BCUT2D eigenvalue weighted by atomic mass is 10.0. The van der Waals surface area contributed by atoms with Crippen LogP contribution >= 0.6 is 0 Å². The summed E-state index contributed by atoms with van der Waals surface area (Å²) in [4.78, 5) is 23.8. The van der Waals surface area contributed by atoms with E-state index in [4.69, 9.17) is 0 Å². The Morgan fingerprint density at radius 2 is 2.00 bits per heavy atom. The van der Waals surface area contributed by atoms with Crippen LogP contribution in [0.5, 0.6) is 0 Å². The Labute approximate surface area is 169 Å². The van der Waals surface area contributed by atoms with Crippen LogP contribution in [0.4, 0.5) is 10.6 Å². The first-order valence-corrected chi connectivity index (χ1v) is 9.74. The summed E-state index contributed by atoms with van der Waals surface area (Å²) in [5.41, 5.74) is 4.08. The summed E-state index contributed by atoms with van der Waals surface area (Å²) >= 11 is 0. The minimum absolute atomic E-state index is 0.260. The molecule has 0 bridgehead atoms. The van der Waals surface area contributed by atoms with E-state index < -0.39 is 6.04 Å². The molecular weight excluding hydrogens is 366 g/mol. The van der Waals surface area contributed by atoms with Gasteiger partial charge in [0.1, 0.15) is 6.04 Å². The van der Waals surface area contributed by atoms with Gasteiger partial charge in [0.25, 0.3) is 0 Å². The quantitative estimate of drug-likeness (QED) is 0.605. The number of urea groups is 1. The van der Waals surface area contributed by atoms with E-state index >= 15 is 0 Å². The van der Waals surface area contributed by atoms with E-state index in [1.54, 1.807) is 0 Å². The van der Waals surface area contributed by atoms with Gasteiger partial charge in [-0.15, -0.1) is 5.10 Å². The van der Waals surface area contributed by atoms with Crippen molar-refractivity contribution in [1.82, 2.24) is 20.4 Å². The fraction of sp³-hybridized carbons (Fsp3) is 0.227. The Morgan fingerprint density at radius 3 is 2.72 bits per heavy atom. The molecule has 1 aliphatic heterocycles. The highest BCUT2D eigenvalue weighted by Crippen LogP contribution is 2.27. The molecule has 3 amide bonds. The molecule has 3 N–H and O–H groups in total. The largest absolute Gasteiger partial charge is 0.336 e. The summed E-state index contributed by atoms with van der Waals surface area (Å²) in [5, 5.41) is 12.6. The van der Waals surface area contributed by atoms with Crippen LogP contribution in [0.1, 0.15) is 18.9 Å². The third-order valence-electron chi connectivity index (χ3n) is 4.81. The summed E-state index contributed by atoms with van der Waals surface area (Å²) in [5.74, 6) is 0.142. The highest BCUT2D eigenvalue weighted by molar-refractivity contribution is 5.98. The molecule has 1 unspecified atom stereocenters. The van der Waals surface area contributed by atoms with Gasteiger partial charge in [0.05, 0.1) is 11.4 Å². The van der Waals surface area contributed by atoms with Gasteiger partial charge in [0.2, 0.25) is 5.91 Å². The third-order valence-corrected chi connectivity index (χ3v) is 4.81. The molecule has 0 saturated carbocycles. The number of benzene rings is 2. The average Bonchev–Trinajstić information content (AvgIpc) is 3.36. The molecule has 2 heterocycles. The summed E-state index contributed by atoms with van der Waals surface area (Å²) < 4.78 is 1.83. The maximum atomic E-state index is 12.5. The van der Waals surface area contributed by atoms with Crippen LogP contribution in [0.2, 0.25) is 0 Å². The Morgan fingerprint density at radius 1 is 1.17 bits per heavy atom. The highest BCUT2D eigenvalue weighted by Gasteiger charge is 2.27. The van der Waals surface area contributed by atoms with E-state index in [2.05, 4.69) is 40.1 Å². The van der Waals surface area contributed by atoms with Gasteiger partial charge in [-0.25, -0.2) is 9.48 Å². The van der Waals surface area contributed by atoms with Gasteiger partial charge in [0.15, 0.2) is 5.82 Å². The van der Waals surface area contributed by atoms with Crippen LogP contribution in [-0.2, 0) is 11.2 Å². The van der Waals surface area contributed by atoms with Crippen molar-refractivity contribution in [2.75, 3.05) is 11.9 Å². The first-order valence-electron chi connectivity index (χ1n) is 9.74. The van der Waals surface area contributed by atoms with E-state index in [1.807, 2.05) is 53.2 Å². The van der Waals surface area contributed by atoms with Crippen LogP contribution in [0, 0.1) is 0 Å². The number of aromatic nitrogens is 2. The van der Waals surface area contributed by atoms with Crippen molar-refractivity contribution in [3.63, 3.8) is 0 Å². The predicted molar refractivity (Wildman–Crippen MR) is 112 cm³/mol. The topological polar surface area (TPSA) is 88.1 Å². The van der Waals surface area contributed by atoms with Crippen LogP contribution in [0.3, 0.4) is 0 Å². The second-order valence-electron chi connectivity index (χ2n) is 7.01. The first-order chi connectivity index (χ1) is 14.1. The van der Waals surface area contributed by atoms with E-state index in [-0.39, 0.29) is 18.5 Å². The lowest BCUT2D eigenvalue weighted by Crippen LogP contribution is -2.38. The van der Waals surface area contributed by atoms with Crippen molar-refractivity contribution < 1.29 is 9.59 Å². The molecule has 7 nitrogen and oxygen atoms in total. The number of aryl methyl sites for hydroxylation is 1. The molecule has 3 aromatic rings. The summed E-state index contributed by atoms with van der Waals surface area (Å²) in [6, 6.07) is 19.1. The lowest BCUT2D eigenvalue weighted by molar-refractivity contribution is -0.117. The number of para-hydroxylation sites is 1. The van der Waals surface area contributed by atoms with Crippen LogP contribution in [-0.4, -0.2) is 34.3 Å². The van der Waals surface area contributed by atoms with Gasteiger partial charge in [-0.1, -0.05) is 49.7 Å². The van der Waals surface area contributed by atoms with Crippen molar-refractivity contribution >= 4 is 17.8 Å². The molecule has 1 saturated heterocycles. The van der Waals surface area contributed by atoms with E-state index in [1.165, 1.54) is 5.56 Å². The average molecular weight is 389 g/mol. The summed E-state index contributed by atoms with van der Waals surface area (Å²) in [6.07, 6.45) is 2.08. The number of anilines is 1. The minimum atomic E-state index is -0.610. The predicted octanol–water partition coefficient (Wildman–Crippen LogP) is 3.11. The molecule has 7 heteroatoms. The van der Waals surface area contributed by atoms with Gasteiger partial charge in [-0.05, 0) is 30.2 Å². The fourth-order valence-electron chi connectivity index (χ4n) is 3.42. The van der Waals surface area contributed by atoms with Crippen molar-refractivity contribution in [3.8, 4) is 16.9 Å². The van der Waals surface area contributed by atoms with Gasteiger partial charge in [-0.3, -0.25) is 4.79 Å². The zero-order valence-electron chi connectivity index (χ0n) is 16.2. The number of amides is 3.